The van der Waals surface area contributed by atoms with Gasteiger partial charge in [-0.05, 0) is 26.7 Å². The molecule has 0 spiro atoms. The molecule has 0 aliphatic heterocycles. The van der Waals surface area contributed by atoms with Crippen molar-refractivity contribution in [3.63, 3.8) is 0 Å². The maximum atomic E-state index is 11.1. The van der Waals surface area contributed by atoms with Gasteiger partial charge in [0.2, 0.25) is 0 Å². The van der Waals surface area contributed by atoms with E-state index in [9.17, 15) is 4.79 Å². The highest BCUT2D eigenvalue weighted by Gasteiger charge is 2.21. The molecule has 14 heavy (non-hydrogen) atoms. The van der Waals surface area contributed by atoms with Crippen LogP contribution < -0.4 is 0 Å². The molecule has 4 nitrogen and oxygen atoms in total. The lowest BCUT2D eigenvalue weighted by molar-refractivity contribution is -0.152. The summed E-state index contributed by atoms with van der Waals surface area (Å²) in [6, 6.07) is 3.87. The lowest BCUT2D eigenvalue weighted by Crippen LogP contribution is -2.25. The largest absolute Gasteiger partial charge is 0.444 e. The molecule has 4 heteroatoms. The molecule has 0 rings (SSSR count). The van der Waals surface area contributed by atoms with Crippen LogP contribution in [0.5, 0.6) is 0 Å². The Hall–Kier alpha value is -1.55. The second kappa shape index (κ2) is 5.99. The number of hydrogen-bond acceptors (Lipinski definition) is 4. The van der Waals surface area contributed by atoms with E-state index in [0.29, 0.717) is 19.3 Å². The Kier molecular flexibility index (Phi) is 5.33. The summed E-state index contributed by atoms with van der Waals surface area (Å²) >= 11 is 0. The first kappa shape index (κ1) is 12.4. The summed E-state index contributed by atoms with van der Waals surface area (Å²) in [6.07, 6.45) is 2.05. The Morgan fingerprint density at radius 1 is 1.36 bits per heavy atom. The molecule has 0 fully saturated rings. The molecule has 0 aliphatic rings. The molecule has 0 aromatic heterocycles. The molecule has 0 saturated heterocycles. The highest BCUT2D eigenvalue weighted by atomic mass is 16.6. The van der Waals surface area contributed by atoms with Crippen molar-refractivity contribution >= 4 is 5.97 Å². The van der Waals surface area contributed by atoms with Gasteiger partial charge in [0.1, 0.15) is 6.07 Å². The van der Waals surface area contributed by atoms with E-state index in [4.69, 9.17) is 15.3 Å². The van der Waals surface area contributed by atoms with Crippen molar-refractivity contribution in [2.24, 2.45) is 0 Å². The van der Waals surface area contributed by atoms with E-state index >= 15 is 0 Å². The summed E-state index contributed by atoms with van der Waals surface area (Å²) in [5.41, 5.74) is -1.05. The Labute approximate surface area is 84.1 Å². The van der Waals surface area contributed by atoms with Gasteiger partial charge in [0.25, 0.3) is 0 Å². The number of nitriles is 2. The van der Waals surface area contributed by atoms with Crippen molar-refractivity contribution in [1.29, 1.82) is 10.5 Å². The molecular formula is C10H14N2O2. The first-order valence-corrected chi connectivity index (χ1v) is 4.52. The molecule has 0 amide bonds. The molecule has 0 heterocycles. The first-order valence-electron chi connectivity index (χ1n) is 4.52. The van der Waals surface area contributed by atoms with Crippen molar-refractivity contribution in [3.05, 3.63) is 0 Å². The van der Waals surface area contributed by atoms with Crippen LogP contribution in [0.25, 0.3) is 0 Å². The lowest BCUT2D eigenvalue weighted by atomic mass is 10.1. The Morgan fingerprint density at radius 3 is 2.50 bits per heavy atom. The van der Waals surface area contributed by atoms with Gasteiger partial charge in [-0.2, -0.15) is 10.5 Å². The van der Waals surface area contributed by atoms with Gasteiger partial charge >= 0.3 is 5.97 Å². The van der Waals surface area contributed by atoms with Crippen molar-refractivity contribution in [3.8, 4) is 12.1 Å². The predicted molar refractivity (Wildman–Crippen MR) is 49.9 cm³/mol. The monoisotopic (exact) mass is 194 g/mol. The van der Waals surface area contributed by atoms with E-state index in [0.717, 1.165) is 0 Å². The molecule has 0 saturated carbocycles. The number of rotatable bonds is 5. The van der Waals surface area contributed by atoms with Crippen LogP contribution in [0.3, 0.4) is 0 Å². The topological polar surface area (TPSA) is 73.9 Å². The zero-order chi connectivity index (χ0) is 11.0. The summed E-state index contributed by atoms with van der Waals surface area (Å²) in [7, 11) is 0. The number of unbranched alkanes of at least 4 members (excludes halogenated alkanes) is 2. The van der Waals surface area contributed by atoms with Gasteiger partial charge in [-0.25, -0.2) is 0 Å². The second-order valence-corrected chi connectivity index (χ2v) is 3.46. The molecule has 0 aromatic carbocycles. The Morgan fingerprint density at radius 2 is 2.00 bits per heavy atom. The van der Waals surface area contributed by atoms with Crippen LogP contribution in [0, 0.1) is 22.7 Å². The van der Waals surface area contributed by atoms with E-state index in [1.807, 2.05) is 12.1 Å². The summed E-state index contributed by atoms with van der Waals surface area (Å²) in [6.45, 7) is 3.08. The highest BCUT2D eigenvalue weighted by molar-refractivity contribution is 5.70. The predicted octanol–water partition coefficient (Wildman–Crippen LogP) is 1.92. The molecule has 0 aliphatic carbocycles. The van der Waals surface area contributed by atoms with Crippen LogP contribution in [0.1, 0.15) is 39.5 Å². The summed E-state index contributed by atoms with van der Waals surface area (Å²) in [5.74, 6) is -0.380. The number of nitrogens with zero attached hydrogens (tertiary/aromatic N) is 2. The molecule has 0 radical (unpaired) electrons. The normalized spacial score (nSPS) is 10.0. The minimum atomic E-state index is -1.05. The number of carbonyl (C=O) groups excluding carboxylic acids is 1. The fraction of sp³-hybridized carbons (Fsp3) is 0.700. The van der Waals surface area contributed by atoms with Crippen LogP contribution in [-0.2, 0) is 9.53 Å². The zero-order valence-electron chi connectivity index (χ0n) is 8.54. The van der Waals surface area contributed by atoms with E-state index in [2.05, 4.69) is 0 Å². The summed E-state index contributed by atoms with van der Waals surface area (Å²) < 4.78 is 4.88. The minimum Gasteiger partial charge on any atom is -0.444 e. The fourth-order valence-electron chi connectivity index (χ4n) is 0.832. The van der Waals surface area contributed by atoms with E-state index < -0.39 is 5.60 Å². The SMILES string of the molecule is CC(C)(C#N)OC(=O)CCCCC#N. The Bertz CT molecular complexity index is 271. The number of ether oxygens (including phenoxy) is 1. The van der Waals surface area contributed by atoms with Crippen LogP contribution in [0.2, 0.25) is 0 Å². The van der Waals surface area contributed by atoms with E-state index in [-0.39, 0.29) is 12.4 Å². The van der Waals surface area contributed by atoms with Gasteiger partial charge < -0.3 is 4.74 Å². The van der Waals surface area contributed by atoms with Crippen molar-refractivity contribution < 1.29 is 9.53 Å². The zero-order valence-corrected chi connectivity index (χ0v) is 8.54. The van der Waals surface area contributed by atoms with Crippen LogP contribution >= 0.6 is 0 Å². The first-order chi connectivity index (χ1) is 6.52. The van der Waals surface area contributed by atoms with Gasteiger partial charge in [-0.15, -0.1) is 0 Å². The summed E-state index contributed by atoms with van der Waals surface area (Å²) in [4.78, 5) is 11.1. The standard InChI is InChI=1S/C10H14N2O2/c1-10(2,8-12)14-9(13)6-4-3-5-7-11/h3-6H2,1-2H3. The Balaban J connectivity index is 3.68. The van der Waals surface area contributed by atoms with Gasteiger partial charge in [-0.3, -0.25) is 4.79 Å². The second-order valence-electron chi connectivity index (χ2n) is 3.46. The van der Waals surface area contributed by atoms with Gasteiger partial charge in [-0.1, -0.05) is 0 Å². The molecule has 0 unspecified atom stereocenters. The number of hydrogen-bond donors (Lipinski definition) is 0. The smallest absolute Gasteiger partial charge is 0.307 e. The minimum absolute atomic E-state index is 0.271. The van der Waals surface area contributed by atoms with Crippen molar-refractivity contribution in [1.82, 2.24) is 0 Å². The quantitative estimate of drug-likeness (QED) is 0.495. The third-order valence-corrected chi connectivity index (χ3v) is 1.56. The third-order valence-electron chi connectivity index (χ3n) is 1.56. The molecule has 0 N–H and O–H groups in total. The lowest BCUT2D eigenvalue weighted by Gasteiger charge is -2.16. The highest BCUT2D eigenvalue weighted by Crippen LogP contribution is 2.10. The van der Waals surface area contributed by atoms with E-state index in [1.54, 1.807) is 13.8 Å². The molecule has 0 bridgehead atoms. The molecular weight excluding hydrogens is 180 g/mol. The molecule has 76 valence electrons. The summed E-state index contributed by atoms with van der Waals surface area (Å²) in [5, 5.41) is 16.8. The maximum absolute atomic E-state index is 11.1. The van der Waals surface area contributed by atoms with Crippen LogP contribution in [-0.4, -0.2) is 11.6 Å². The van der Waals surface area contributed by atoms with Gasteiger partial charge in [0, 0.05) is 12.8 Å². The third kappa shape index (κ3) is 6.02. The average Bonchev–Trinajstić information content (AvgIpc) is 2.12. The fourth-order valence-corrected chi connectivity index (χ4v) is 0.832. The van der Waals surface area contributed by atoms with Crippen molar-refractivity contribution in [2.45, 2.75) is 45.1 Å². The molecule has 0 atom stereocenters. The van der Waals surface area contributed by atoms with Crippen LogP contribution in [0.15, 0.2) is 0 Å². The average molecular weight is 194 g/mol. The van der Waals surface area contributed by atoms with Gasteiger partial charge in [0.05, 0.1) is 6.07 Å². The number of esters is 1. The van der Waals surface area contributed by atoms with E-state index in [1.165, 1.54) is 0 Å². The number of carbonyl (C=O) groups is 1. The van der Waals surface area contributed by atoms with Crippen LogP contribution in [0.4, 0.5) is 0 Å². The maximum Gasteiger partial charge on any atom is 0.307 e. The van der Waals surface area contributed by atoms with Crippen molar-refractivity contribution in [2.75, 3.05) is 0 Å². The molecule has 0 aromatic rings. The van der Waals surface area contributed by atoms with Gasteiger partial charge in [0.15, 0.2) is 5.60 Å².